The molecule has 0 heterocycles. The van der Waals surface area contributed by atoms with Crippen LogP contribution in [-0.2, 0) is 10.0 Å². The van der Waals surface area contributed by atoms with Crippen LogP contribution in [0.2, 0.25) is 0 Å². The zero-order chi connectivity index (χ0) is 14.6. The molecule has 2 atom stereocenters. The second-order valence-electron chi connectivity index (χ2n) is 4.39. The van der Waals surface area contributed by atoms with Crippen LogP contribution in [0.1, 0.15) is 12.5 Å². The predicted octanol–water partition coefficient (Wildman–Crippen LogP) is -0.00998. The average molecular weight is 288 g/mol. The molecule has 0 spiro atoms. The van der Waals surface area contributed by atoms with Gasteiger partial charge in [0.05, 0.1) is 18.1 Å². The number of aliphatic hydroxyl groups excluding tert-OH is 1. The lowest BCUT2D eigenvalue weighted by Crippen LogP contribution is -2.43. The third-order valence-corrected chi connectivity index (χ3v) is 4.23. The van der Waals surface area contributed by atoms with Gasteiger partial charge in [-0.25, -0.2) is 13.1 Å². The van der Waals surface area contributed by atoms with E-state index in [0.29, 0.717) is 5.75 Å². The monoisotopic (exact) mass is 288 g/mol. The fourth-order valence-electron chi connectivity index (χ4n) is 1.48. The van der Waals surface area contributed by atoms with Crippen LogP contribution in [0.25, 0.3) is 0 Å². The molecule has 19 heavy (non-hydrogen) atoms. The Morgan fingerprint density at radius 3 is 2.58 bits per heavy atom. The Kier molecular flexibility index (Phi) is 5.30. The van der Waals surface area contributed by atoms with Gasteiger partial charge < -0.3 is 15.6 Å². The maximum Gasteiger partial charge on any atom is 0.240 e. The predicted molar refractivity (Wildman–Crippen MR) is 72.6 cm³/mol. The lowest BCUT2D eigenvalue weighted by molar-refractivity contribution is 0.164. The molecule has 0 aliphatic heterocycles. The fourth-order valence-corrected chi connectivity index (χ4v) is 2.64. The molecule has 4 N–H and O–H groups in total. The van der Waals surface area contributed by atoms with Gasteiger partial charge in [0, 0.05) is 12.6 Å². The van der Waals surface area contributed by atoms with Crippen LogP contribution < -0.4 is 15.2 Å². The molecule has 0 bridgehead atoms. The van der Waals surface area contributed by atoms with Crippen molar-refractivity contribution in [3.63, 3.8) is 0 Å². The molecule has 0 radical (unpaired) electrons. The van der Waals surface area contributed by atoms with E-state index in [-0.39, 0.29) is 11.4 Å². The Hall–Kier alpha value is -1.15. The van der Waals surface area contributed by atoms with Gasteiger partial charge >= 0.3 is 0 Å². The molecule has 1 rings (SSSR count). The molecule has 0 saturated heterocycles. The van der Waals surface area contributed by atoms with E-state index in [4.69, 9.17) is 10.5 Å². The number of sulfonamides is 1. The van der Waals surface area contributed by atoms with Crippen LogP contribution in [0.5, 0.6) is 5.75 Å². The molecule has 108 valence electrons. The third-order valence-electron chi connectivity index (χ3n) is 2.81. The molecule has 0 fully saturated rings. The molecule has 0 aromatic heterocycles. The van der Waals surface area contributed by atoms with Gasteiger partial charge in [0.2, 0.25) is 10.0 Å². The van der Waals surface area contributed by atoms with Gasteiger partial charge in [-0.2, -0.15) is 0 Å². The maximum absolute atomic E-state index is 12.0. The molecule has 1 aromatic carbocycles. The van der Waals surface area contributed by atoms with Crippen molar-refractivity contribution < 1.29 is 18.3 Å². The number of hydrogen-bond acceptors (Lipinski definition) is 5. The number of aliphatic hydroxyl groups is 1. The summed E-state index contributed by atoms with van der Waals surface area (Å²) in [6, 6.07) is 3.93. The summed E-state index contributed by atoms with van der Waals surface area (Å²) in [5, 5.41) is 9.22. The van der Waals surface area contributed by atoms with Crippen LogP contribution in [0, 0.1) is 6.92 Å². The quantitative estimate of drug-likeness (QED) is 0.683. The zero-order valence-electron chi connectivity index (χ0n) is 11.3. The van der Waals surface area contributed by atoms with Crippen LogP contribution in [-0.4, -0.2) is 39.3 Å². The summed E-state index contributed by atoms with van der Waals surface area (Å²) in [5.74, 6) is 0.625. The van der Waals surface area contributed by atoms with Crippen LogP contribution in [0.4, 0.5) is 0 Å². The number of nitrogens with two attached hydrogens (primary N) is 1. The fraction of sp³-hybridized carbons (Fsp3) is 0.500. The minimum absolute atomic E-state index is 0.0227. The van der Waals surface area contributed by atoms with Crippen molar-refractivity contribution in [3.05, 3.63) is 23.8 Å². The molecular weight excluding hydrogens is 268 g/mol. The van der Waals surface area contributed by atoms with Gasteiger partial charge in [0.15, 0.2) is 0 Å². The topological polar surface area (TPSA) is 102 Å². The van der Waals surface area contributed by atoms with E-state index in [1.807, 2.05) is 0 Å². The van der Waals surface area contributed by atoms with Crippen molar-refractivity contribution in [2.24, 2.45) is 5.73 Å². The standard InChI is InChI=1S/C12H20N2O4S/c1-8-6-10(4-5-12(8)18-3)19(16,17)14-7-11(13)9(2)15/h4-6,9,11,14-15H,7,13H2,1-3H3. The summed E-state index contributed by atoms with van der Waals surface area (Å²) < 4.78 is 31.5. The average Bonchev–Trinajstić information content (AvgIpc) is 2.35. The number of methoxy groups -OCH3 is 1. The Labute approximate surface area is 113 Å². The Bertz CT molecular complexity index is 529. The van der Waals surface area contributed by atoms with Crippen LogP contribution in [0.15, 0.2) is 23.1 Å². The van der Waals surface area contributed by atoms with E-state index in [1.54, 1.807) is 13.0 Å². The molecule has 7 heteroatoms. The summed E-state index contributed by atoms with van der Waals surface area (Å²) in [6.45, 7) is 3.25. The lowest BCUT2D eigenvalue weighted by Gasteiger charge is -2.16. The Balaban J connectivity index is 2.86. The van der Waals surface area contributed by atoms with Gasteiger partial charge in [-0.15, -0.1) is 0 Å². The first kappa shape index (κ1) is 15.9. The van der Waals surface area contributed by atoms with Crippen molar-refractivity contribution in [3.8, 4) is 5.75 Å². The Morgan fingerprint density at radius 1 is 1.47 bits per heavy atom. The van der Waals surface area contributed by atoms with Crippen molar-refractivity contribution in [2.45, 2.75) is 30.9 Å². The molecule has 0 aliphatic carbocycles. The van der Waals surface area contributed by atoms with Crippen molar-refractivity contribution in [1.29, 1.82) is 0 Å². The second kappa shape index (κ2) is 6.33. The number of ether oxygens (including phenoxy) is 1. The highest BCUT2D eigenvalue weighted by Gasteiger charge is 2.18. The van der Waals surface area contributed by atoms with E-state index < -0.39 is 22.2 Å². The maximum atomic E-state index is 12.0. The molecule has 0 amide bonds. The first-order chi connectivity index (χ1) is 8.77. The highest BCUT2D eigenvalue weighted by atomic mass is 32.2. The summed E-state index contributed by atoms with van der Waals surface area (Å²) in [6.07, 6.45) is -0.777. The summed E-state index contributed by atoms with van der Waals surface area (Å²) >= 11 is 0. The molecule has 6 nitrogen and oxygen atoms in total. The summed E-state index contributed by atoms with van der Waals surface area (Å²) in [7, 11) is -2.11. The molecular formula is C12H20N2O4S. The van der Waals surface area contributed by atoms with E-state index in [2.05, 4.69) is 4.72 Å². The van der Waals surface area contributed by atoms with Gasteiger partial charge in [-0.05, 0) is 37.6 Å². The Morgan fingerprint density at radius 2 is 2.11 bits per heavy atom. The van der Waals surface area contributed by atoms with E-state index in [9.17, 15) is 13.5 Å². The van der Waals surface area contributed by atoms with Gasteiger partial charge in [-0.3, -0.25) is 0 Å². The zero-order valence-corrected chi connectivity index (χ0v) is 12.1. The van der Waals surface area contributed by atoms with Gasteiger partial charge in [0.1, 0.15) is 5.75 Å². The first-order valence-electron chi connectivity index (χ1n) is 5.86. The lowest BCUT2D eigenvalue weighted by atomic mass is 10.2. The summed E-state index contributed by atoms with van der Waals surface area (Å²) in [5.41, 5.74) is 6.31. The van der Waals surface area contributed by atoms with Gasteiger partial charge in [-0.1, -0.05) is 0 Å². The summed E-state index contributed by atoms with van der Waals surface area (Å²) in [4.78, 5) is 0.142. The smallest absolute Gasteiger partial charge is 0.240 e. The minimum Gasteiger partial charge on any atom is -0.496 e. The molecule has 0 saturated carbocycles. The van der Waals surface area contributed by atoms with Crippen molar-refractivity contribution >= 4 is 10.0 Å². The number of benzene rings is 1. The number of rotatable bonds is 6. The second-order valence-corrected chi connectivity index (χ2v) is 6.15. The molecule has 1 aromatic rings. The highest BCUT2D eigenvalue weighted by molar-refractivity contribution is 7.89. The van der Waals surface area contributed by atoms with E-state index in [1.165, 1.54) is 26.2 Å². The first-order valence-corrected chi connectivity index (χ1v) is 7.34. The highest BCUT2D eigenvalue weighted by Crippen LogP contribution is 2.21. The molecule has 2 unspecified atom stereocenters. The number of aryl methyl sites for hydroxylation is 1. The molecule has 0 aliphatic rings. The third kappa shape index (κ3) is 4.17. The number of hydrogen-bond donors (Lipinski definition) is 3. The van der Waals surface area contributed by atoms with Crippen molar-refractivity contribution in [2.75, 3.05) is 13.7 Å². The SMILES string of the molecule is COc1ccc(S(=O)(=O)NCC(N)C(C)O)cc1C. The number of nitrogens with one attached hydrogen (secondary N) is 1. The van der Waals surface area contributed by atoms with Crippen molar-refractivity contribution in [1.82, 2.24) is 4.72 Å². The van der Waals surface area contributed by atoms with Gasteiger partial charge in [0.25, 0.3) is 0 Å². The largest absolute Gasteiger partial charge is 0.496 e. The van der Waals surface area contributed by atoms with Crippen LogP contribution in [0.3, 0.4) is 0 Å². The van der Waals surface area contributed by atoms with Crippen LogP contribution >= 0.6 is 0 Å². The van der Waals surface area contributed by atoms with E-state index >= 15 is 0 Å². The normalized spacial score (nSPS) is 15.0. The van der Waals surface area contributed by atoms with E-state index in [0.717, 1.165) is 5.56 Å². The minimum atomic E-state index is -3.63.